The van der Waals surface area contributed by atoms with Crippen LogP contribution in [-0.2, 0) is 21.8 Å². The van der Waals surface area contributed by atoms with Crippen LogP contribution in [0.15, 0.2) is 48.5 Å². The summed E-state index contributed by atoms with van der Waals surface area (Å²) in [5.74, 6) is 0.0881. The van der Waals surface area contributed by atoms with E-state index in [-0.39, 0.29) is 28.9 Å². The molecule has 1 fully saturated rings. The highest BCUT2D eigenvalue weighted by molar-refractivity contribution is 7.91. The number of hydrogen-bond acceptors (Lipinski definition) is 3. The summed E-state index contributed by atoms with van der Waals surface area (Å²) >= 11 is 0. The monoisotopic (exact) mass is 399 g/mol. The number of hydrogen-bond donors (Lipinski definition) is 0. The molecule has 3 rings (SSSR count). The average Bonchev–Trinajstić information content (AvgIpc) is 2.99. The molecule has 28 heavy (non-hydrogen) atoms. The van der Waals surface area contributed by atoms with Crippen LogP contribution in [-0.4, -0.2) is 36.8 Å². The van der Waals surface area contributed by atoms with E-state index >= 15 is 0 Å². The summed E-state index contributed by atoms with van der Waals surface area (Å²) in [4.78, 5) is 15.0. The van der Waals surface area contributed by atoms with Gasteiger partial charge in [0.2, 0.25) is 0 Å². The number of amides is 1. The summed E-state index contributed by atoms with van der Waals surface area (Å²) in [6, 6.07) is 15.4. The van der Waals surface area contributed by atoms with Gasteiger partial charge in [0.25, 0.3) is 5.91 Å². The van der Waals surface area contributed by atoms with E-state index in [0.717, 1.165) is 11.1 Å². The number of nitrogens with zero attached hydrogens (tertiary/aromatic N) is 1. The first kappa shape index (κ1) is 20.6. The zero-order valence-electron chi connectivity index (χ0n) is 17.1. The van der Waals surface area contributed by atoms with Crippen LogP contribution < -0.4 is 0 Å². The maximum absolute atomic E-state index is 13.2. The van der Waals surface area contributed by atoms with Gasteiger partial charge in [0.1, 0.15) is 0 Å². The van der Waals surface area contributed by atoms with Gasteiger partial charge in [-0.15, -0.1) is 0 Å². The van der Waals surface area contributed by atoms with Gasteiger partial charge in [-0.3, -0.25) is 4.79 Å². The number of aryl methyl sites for hydroxylation is 1. The molecule has 0 radical (unpaired) electrons. The standard InChI is InChI=1S/C23H29NO3S/c1-17-5-9-19(10-6-17)22(25)24(21-13-14-28(26,27)16-21)15-18-7-11-20(12-8-18)23(2,3)4/h5-12,21H,13-16H2,1-4H3. The van der Waals surface area contributed by atoms with Gasteiger partial charge >= 0.3 is 0 Å². The molecule has 150 valence electrons. The SMILES string of the molecule is Cc1ccc(C(=O)N(Cc2ccc(C(C)(C)C)cc2)C2CCS(=O)(=O)C2)cc1. The molecule has 0 bridgehead atoms. The van der Waals surface area contributed by atoms with E-state index in [1.165, 1.54) is 5.56 Å². The molecule has 1 aliphatic heterocycles. The van der Waals surface area contributed by atoms with Gasteiger partial charge in [-0.1, -0.05) is 62.7 Å². The van der Waals surface area contributed by atoms with E-state index in [4.69, 9.17) is 0 Å². The number of carbonyl (C=O) groups is 1. The van der Waals surface area contributed by atoms with Gasteiger partial charge in [0, 0.05) is 18.2 Å². The zero-order chi connectivity index (χ0) is 20.5. The van der Waals surface area contributed by atoms with E-state index in [2.05, 4.69) is 32.9 Å². The fourth-order valence-corrected chi connectivity index (χ4v) is 5.29. The summed E-state index contributed by atoms with van der Waals surface area (Å²) in [6.45, 7) is 8.89. The summed E-state index contributed by atoms with van der Waals surface area (Å²) in [5.41, 5.74) is 3.99. The van der Waals surface area contributed by atoms with Crippen LogP contribution in [0.4, 0.5) is 0 Å². The summed E-state index contributed by atoms with van der Waals surface area (Å²) in [5, 5.41) is 0. The molecule has 1 heterocycles. The van der Waals surface area contributed by atoms with Crippen molar-refractivity contribution in [3.63, 3.8) is 0 Å². The van der Waals surface area contributed by atoms with Crippen molar-refractivity contribution in [3.05, 3.63) is 70.8 Å². The Balaban J connectivity index is 1.88. The van der Waals surface area contributed by atoms with Crippen LogP contribution in [0.25, 0.3) is 0 Å². The van der Waals surface area contributed by atoms with E-state index in [1.807, 2.05) is 43.3 Å². The Kier molecular flexibility index (Phi) is 5.67. The highest BCUT2D eigenvalue weighted by atomic mass is 32.2. The smallest absolute Gasteiger partial charge is 0.254 e. The fourth-order valence-electron chi connectivity index (χ4n) is 3.56. The number of rotatable bonds is 4. The second-order valence-corrected chi connectivity index (χ2v) is 11.0. The van der Waals surface area contributed by atoms with Crippen molar-refractivity contribution in [2.24, 2.45) is 0 Å². The first-order valence-corrected chi connectivity index (χ1v) is 11.5. The quantitative estimate of drug-likeness (QED) is 0.777. The molecule has 5 heteroatoms. The van der Waals surface area contributed by atoms with Crippen molar-refractivity contribution in [3.8, 4) is 0 Å². The van der Waals surface area contributed by atoms with Crippen LogP contribution in [0, 0.1) is 6.92 Å². The third kappa shape index (κ3) is 4.82. The van der Waals surface area contributed by atoms with Crippen LogP contribution in [0.1, 0.15) is 54.2 Å². The highest BCUT2D eigenvalue weighted by Gasteiger charge is 2.35. The molecule has 1 unspecified atom stereocenters. The largest absolute Gasteiger partial charge is 0.330 e. The van der Waals surface area contributed by atoms with Gasteiger partial charge in [0.15, 0.2) is 9.84 Å². The molecule has 1 aliphatic rings. The maximum Gasteiger partial charge on any atom is 0.254 e. The topological polar surface area (TPSA) is 54.5 Å². The van der Waals surface area contributed by atoms with Gasteiger partial charge < -0.3 is 4.90 Å². The Hall–Kier alpha value is -2.14. The Morgan fingerprint density at radius 1 is 1.04 bits per heavy atom. The minimum absolute atomic E-state index is 0.0463. The van der Waals surface area contributed by atoms with E-state index in [1.54, 1.807) is 4.90 Å². The minimum Gasteiger partial charge on any atom is -0.330 e. The first-order chi connectivity index (χ1) is 13.0. The molecule has 1 atom stereocenters. The minimum atomic E-state index is -3.08. The van der Waals surface area contributed by atoms with E-state index < -0.39 is 9.84 Å². The molecule has 4 nitrogen and oxygen atoms in total. The molecule has 1 amide bonds. The Bertz CT molecular complexity index is 939. The molecule has 1 saturated heterocycles. The molecular formula is C23H29NO3S. The summed E-state index contributed by atoms with van der Waals surface area (Å²) in [6.07, 6.45) is 0.500. The normalized spacial score (nSPS) is 18.8. The molecule has 0 saturated carbocycles. The second-order valence-electron chi connectivity index (χ2n) is 8.80. The predicted octanol–water partition coefficient (Wildman–Crippen LogP) is 4.12. The highest BCUT2D eigenvalue weighted by Crippen LogP contribution is 2.25. The maximum atomic E-state index is 13.2. The first-order valence-electron chi connectivity index (χ1n) is 9.73. The van der Waals surface area contributed by atoms with Crippen molar-refractivity contribution in [1.82, 2.24) is 4.90 Å². The predicted molar refractivity (Wildman–Crippen MR) is 113 cm³/mol. The van der Waals surface area contributed by atoms with Crippen molar-refractivity contribution >= 4 is 15.7 Å². The molecule has 2 aromatic carbocycles. The van der Waals surface area contributed by atoms with Crippen LogP contribution in [0.5, 0.6) is 0 Å². The van der Waals surface area contributed by atoms with E-state index in [9.17, 15) is 13.2 Å². The Labute approximate surface area is 168 Å². The third-order valence-corrected chi connectivity index (χ3v) is 7.13. The van der Waals surface area contributed by atoms with Crippen molar-refractivity contribution in [1.29, 1.82) is 0 Å². The van der Waals surface area contributed by atoms with Crippen molar-refractivity contribution < 1.29 is 13.2 Å². The van der Waals surface area contributed by atoms with Crippen LogP contribution in [0.3, 0.4) is 0 Å². The van der Waals surface area contributed by atoms with Crippen LogP contribution >= 0.6 is 0 Å². The molecule has 0 N–H and O–H groups in total. The van der Waals surface area contributed by atoms with Crippen molar-refractivity contribution in [2.75, 3.05) is 11.5 Å². The van der Waals surface area contributed by atoms with Gasteiger partial charge in [-0.05, 0) is 42.0 Å². The Morgan fingerprint density at radius 2 is 1.64 bits per heavy atom. The second kappa shape index (κ2) is 7.70. The molecule has 0 aromatic heterocycles. The third-order valence-electron chi connectivity index (χ3n) is 5.38. The molecule has 2 aromatic rings. The lowest BCUT2D eigenvalue weighted by Crippen LogP contribution is -2.40. The average molecular weight is 400 g/mol. The lowest BCUT2D eigenvalue weighted by atomic mass is 9.86. The van der Waals surface area contributed by atoms with Gasteiger partial charge in [-0.25, -0.2) is 8.42 Å². The van der Waals surface area contributed by atoms with Crippen molar-refractivity contribution in [2.45, 2.75) is 52.1 Å². The summed E-state index contributed by atoms with van der Waals surface area (Å²) < 4.78 is 24.0. The molecule has 0 spiro atoms. The van der Waals surface area contributed by atoms with Crippen LogP contribution in [0.2, 0.25) is 0 Å². The fraction of sp³-hybridized carbons (Fsp3) is 0.435. The number of carbonyl (C=O) groups excluding carboxylic acids is 1. The number of benzene rings is 2. The lowest BCUT2D eigenvalue weighted by Gasteiger charge is -2.29. The summed E-state index contributed by atoms with van der Waals surface area (Å²) in [7, 11) is -3.08. The molecular weight excluding hydrogens is 370 g/mol. The molecule has 0 aliphatic carbocycles. The Morgan fingerprint density at radius 3 is 2.14 bits per heavy atom. The van der Waals surface area contributed by atoms with Gasteiger partial charge in [0.05, 0.1) is 11.5 Å². The number of sulfone groups is 1. The van der Waals surface area contributed by atoms with E-state index in [0.29, 0.717) is 18.5 Å². The zero-order valence-corrected chi connectivity index (χ0v) is 17.9. The lowest BCUT2D eigenvalue weighted by molar-refractivity contribution is 0.0681. The van der Waals surface area contributed by atoms with Gasteiger partial charge in [-0.2, -0.15) is 0 Å².